The van der Waals surface area contributed by atoms with Gasteiger partial charge in [0.2, 0.25) is 11.8 Å². The first-order valence-corrected chi connectivity index (χ1v) is 11.4. The molecule has 2 fully saturated rings. The smallest absolute Gasteiger partial charge is 0.240 e. The van der Waals surface area contributed by atoms with Gasteiger partial charge in [0.1, 0.15) is 28.6 Å². The number of pyridine rings is 1. The van der Waals surface area contributed by atoms with Gasteiger partial charge in [0.05, 0.1) is 19.4 Å². The number of nitrogens with one attached hydrogen (secondary N) is 2. The van der Waals surface area contributed by atoms with Gasteiger partial charge in [-0.3, -0.25) is 9.59 Å². The SMILES string of the molecule is COc1cc(F)ccc1-c1cc(NC(=O)[C@H]2CCC[C@@H](NC(=O)C3(C#N)CCC3)C2)ncc1F. The summed E-state index contributed by atoms with van der Waals surface area (Å²) < 4.78 is 33.2. The Labute approximate surface area is 196 Å². The molecule has 2 aromatic rings. The van der Waals surface area contributed by atoms with Crippen molar-refractivity contribution in [3.8, 4) is 22.9 Å². The zero-order valence-electron chi connectivity index (χ0n) is 18.9. The Balaban J connectivity index is 1.44. The molecular weight excluding hydrogens is 442 g/mol. The number of carbonyl (C=O) groups excluding carboxylic acids is 2. The zero-order valence-corrected chi connectivity index (χ0v) is 18.9. The first-order valence-electron chi connectivity index (χ1n) is 11.4. The number of amides is 2. The number of hydrogen-bond acceptors (Lipinski definition) is 5. The summed E-state index contributed by atoms with van der Waals surface area (Å²) in [5.41, 5.74) is -0.467. The van der Waals surface area contributed by atoms with Gasteiger partial charge < -0.3 is 15.4 Å². The van der Waals surface area contributed by atoms with Gasteiger partial charge in [-0.05, 0) is 56.7 Å². The lowest BCUT2D eigenvalue weighted by molar-refractivity contribution is -0.133. The first-order chi connectivity index (χ1) is 16.3. The number of benzene rings is 1. The minimum atomic E-state index is -0.926. The van der Waals surface area contributed by atoms with Crippen LogP contribution in [-0.4, -0.2) is 29.9 Å². The molecule has 0 unspecified atom stereocenters. The van der Waals surface area contributed by atoms with Crippen molar-refractivity contribution in [3.63, 3.8) is 0 Å². The maximum absolute atomic E-state index is 14.5. The van der Waals surface area contributed by atoms with Crippen LogP contribution < -0.4 is 15.4 Å². The Kier molecular flexibility index (Phi) is 6.77. The first kappa shape index (κ1) is 23.6. The van der Waals surface area contributed by atoms with Gasteiger partial charge in [0, 0.05) is 29.2 Å². The number of rotatable bonds is 6. The van der Waals surface area contributed by atoms with Crippen molar-refractivity contribution >= 4 is 17.6 Å². The van der Waals surface area contributed by atoms with Crippen molar-refractivity contribution in [2.75, 3.05) is 12.4 Å². The summed E-state index contributed by atoms with van der Waals surface area (Å²) in [6, 6.07) is 7.12. The Morgan fingerprint density at radius 2 is 1.97 bits per heavy atom. The molecule has 34 heavy (non-hydrogen) atoms. The van der Waals surface area contributed by atoms with E-state index < -0.39 is 17.0 Å². The van der Waals surface area contributed by atoms with Crippen LogP contribution >= 0.6 is 0 Å². The van der Waals surface area contributed by atoms with Crippen molar-refractivity contribution in [3.05, 3.63) is 42.1 Å². The van der Waals surface area contributed by atoms with Crippen molar-refractivity contribution in [1.29, 1.82) is 5.26 Å². The van der Waals surface area contributed by atoms with E-state index in [9.17, 15) is 23.6 Å². The Bertz CT molecular complexity index is 1140. The largest absolute Gasteiger partial charge is 0.496 e. The Morgan fingerprint density at radius 3 is 2.65 bits per heavy atom. The van der Waals surface area contributed by atoms with Crippen molar-refractivity contribution in [2.45, 2.75) is 51.0 Å². The van der Waals surface area contributed by atoms with E-state index in [1.54, 1.807) is 0 Å². The maximum atomic E-state index is 14.5. The molecule has 2 saturated carbocycles. The molecule has 7 nitrogen and oxygen atoms in total. The van der Waals surface area contributed by atoms with Crippen LogP contribution in [0.5, 0.6) is 5.75 Å². The molecule has 2 amide bonds. The highest BCUT2D eigenvalue weighted by Gasteiger charge is 2.45. The number of nitriles is 1. The van der Waals surface area contributed by atoms with Crippen molar-refractivity contribution in [1.82, 2.24) is 10.3 Å². The third-order valence-corrected chi connectivity index (χ3v) is 6.80. The topological polar surface area (TPSA) is 104 Å². The lowest BCUT2D eigenvalue weighted by Gasteiger charge is -2.36. The second-order valence-electron chi connectivity index (χ2n) is 8.96. The van der Waals surface area contributed by atoms with E-state index in [0.717, 1.165) is 31.5 Å². The van der Waals surface area contributed by atoms with Crippen LogP contribution in [0, 0.1) is 34.3 Å². The molecule has 0 aliphatic heterocycles. The number of aromatic nitrogens is 1. The number of nitrogens with zero attached hydrogens (tertiary/aromatic N) is 2. The molecule has 1 heterocycles. The molecule has 1 aromatic heterocycles. The van der Waals surface area contributed by atoms with Gasteiger partial charge in [-0.1, -0.05) is 6.42 Å². The van der Waals surface area contributed by atoms with Crippen molar-refractivity contribution < 1.29 is 23.1 Å². The summed E-state index contributed by atoms with van der Waals surface area (Å²) >= 11 is 0. The normalized spacial score (nSPS) is 21.0. The molecule has 4 rings (SSSR count). The predicted octanol–water partition coefficient (Wildman–Crippen LogP) is 4.34. The van der Waals surface area contributed by atoms with E-state index in [4.69, 9.17) is 4.74 Å². The molecule has 2 atom stereocenters. The molecule has 0 radical (unpaired) electrons. The summed E-state index contributed by atoms with van der Waals surface area (Å²) in [5, 5.41) is 15.1. The lowest BCUT2D eigenvalue weighted by Crippen LogP contribution is -2.50. The van der Waals surface area contributed by atoms with E-state index in [2.05, 4.69) is 21.7 Å². The van der Waals surface area contributed by atoms with Gasteiger partial charge in [0.25, 0.3) is 0 Å². The van der Waals surface area contributed by atoms with Gasteiger partial charge >= 0.3 is 0 Å². The summed E-state index contributed by atoms with van der Waals surface area (Å²) in [6.07, 6.45) is 5.63. The molecular formula is C25H26F2N4O3. The van der Waals surface area contributed by atoms with Gasteiger partial charge in [-0.15, -0.1) is 0 Å². The molecule has 1 aromatic carbocycles. The van der Waals surface area contributed by atoms with Crippen LogP contribution in [0.2, 0.25) is 0 Å². The number of anilines is 1. The van der Waals surface area contributed by atoms with E-state index in [-0.39, 0.29) is 40.9 Å². The standard InChI is InChI=1S/C25H26F2N4O3/c1-34-21-11-16(26)6-7-18(21)19-12-22(29-13-20(19)27)31-23(32)15-4-2-5-17(10-15)30-24(33)25(14-28)8-3-9-25/h6-7,11-13,15,17H,2-5,8-10H2,1H3,(H,30,33)(H,29,31,32)/t15-,17+/m0/s1. The van der Waals surface area contributed by atoms with Crippen LogP contribution in [0.1, 0.15) is 44.9 Å². The van der Waals surface area contributed by atoms with Gasteiger partial charge in [-0.25, -0.2) is 13.8 Å². The summed E-state index contributed by atoms with van der Waals surface area (Å²) in [4.78, 5) is 29.5. The fraction of sp³-hybridized carbons (Fsp3) is 0.440. The van der Waals surface area contributed by atoms with E-state index >= 15 is 0 Å². The summed E-state index contributed by atoms with van der Waals surface area (Å²) in [6.45, 7) is 0. The van der Waals surface area contributed by atoms with Gasteiger partial charge in [0.15, 0.2) is 0 Å². The number of halogens is 2. The number of methoxy groups -OCH3 is 1. The zero-order chi connectivity index (χ0) is 24.3. The quantitative estimate of drug-likeness (QED) is 0.656. The number of hydrogen-bond donors (Lipinski definition) is 2. The van der Waals surface area contributed by atoms with Crippen LogP contribution in [0.4, 0.5) is 14.6 Å². The lowest BCUT2D eigenvalue weighted by atomic mass is 9.69. The fourth-order valence-electron chi connectivity index (χ4n) is 4.63. The average molecular weight is 469 g/mol. The van der Waals surface area contributed by atoms with E-state index in [1.165, 1.54) is 25.3 Å². The molecule has 2 aliphatic rings. The molecule has 2 N–H and O–H groups in total. The van der Waals surface area contributed by atoms with Crippen LogP contribution in [0.3, 0.4) is 0 Å². The minimum Gasteiger partial charge on any atom is -0.496 e. The maximum Gasteiger partial charge on any atom is 0.240 e. The van der Waals surface area contributed by atoms with E-state index in [0.29, 0.717) is 31.2 Å². The monoisotopic (exact) mass is 468 g/mol. The Hall–Kier alpha value is -3.54. The summed E-state index contributed by atoms with van der Waals surface area (Å²) in [5.74, 6) is -1.69. The second-order valence-corrected chi connectivity index (χ2v) is 8.96. The predicted molar refractivity (Wildman–Crippen MR) is 121 cm³/mol. The highest BCUT2D eigenvalue weighted by molar-refractivity contribution is 5.92. The number of carbonyl (C=O) groups is 2. The molecule has 0 bridgehead atoms. The van der Waals surface area contributed by atoms with Crippen LogP contribution in [-0.2, 0) is 9.59 Å². The highest BCUT2D eigenvalue weighted by Crippen LogP contribution is 2.41. The minimum absolute atomic E-state index is 0.123. The second kappa shape index (κ2) is 9.75. The molecule has 9 heteroatoms. The molecule has 0 saturated heterocycles. The van der Waals surface area contributed by atoms with Gasteiger partial charge in [-0.2, -0.15) is 5.26 Å². The molecule has 0 spiro atoms. The fourth-order valence-corrected chi connectivity index (χ4v) is 4.63. The van der Waals surface area contributed by atoms with Crippen LogP contribution in [0.15, 0.2) is 30.5 Å². The van der Waals surface area contributed by atoms with Crippen molar-refractivity contribution in [2.24, 2.45) is 11.3 Å². The highest BCUT2D eigenvalue weighted by atomic mass is 19.1. The third kappa shape index (κ3) is 4.72. The average Bonchev–Trinajstić information content (AvgIpc) is 2.80. The third-order valence-electron chi connectivity index (χ3n) is 6.80. The molecule has 178 valence electrons. The van der Waals surface area contributed by atoms with E-state index in [1.807, 2.05) is 0 Å². The van der Waals surface area contributed by atoms with Crippen LogP contribution in [0.25, 0.3) is 11.1 Å². The Morgan fingerprint density at radius 1 is 1.18 bits per heavy atom. The molecule has 2 aliphatic carbocycles. The number of ether oxygens (including phenoxy) is 1. The summed E-state index contributed by atoms with van der Waals surface area (Å²) in [7, 11) is 1.36.